The van der Waals surface area contributed by atoms with Gasteiger partial charge in [-0.15, -0.1) is 0 Å². The summed E-state index contributed by atoms with van der Waals surface area (Å²) in [5.41, 5.74) is 1.65. The first-order valence-corrected chi connectivity index (χ1v) is 8.83. The lowest BCUT2D eigenvalue weighted by Gasteiger charge is -2.10. The molecular formula is C20H22ClNO5. The summed E-state index contributed by atoms with van der Waals surface area (Å²) in [5, 5.41) is 3.04. The number of carbonyl (C=O) groups is 2. The van der Waals surface area contributed by atoms with E-state index in [4.69, 9.17) is 25.8 Å². The number of esters is 1. The first kappa shape index (κ1) is 20.6. The molecule has 0 aliphatic carbocycles. The second kappa shape index (κ2) is 9.83. The number of hydrogen-bond donors (Lipinski definition) is 1. The maximum absolute atomic E-state index is 12.2. The van der Waals surface area contributed by atoms with E-state index in [9.17, 15) is 9.59 Å². The fraction of sp³-hybridized carbons (Fsp3) is 0.300. The van der Waals surface area contributed by atoms with Crippen molar-refractivity contribution < 1.29 is 23.8 Å². The highest BCUT2D eigenvalue weighted by atomic mass is 35.5. The van der Waals surface area contributed by atoms with Crippen molar-refractivity contribution >= 4 is 29.2 Å². The molecule has 7 heteroatoms. The summed E-state index contributed by atoms with van der Waals surface area (Å²) in [6.07, 6.45) is 0.803. The maximum Gasteiger partial charge on any atom is 0.339 e. The Morgan fingerprint density at radius 3 is 2.44 bits per heavy atom. The molecular weight excluding hydrogens is 370 g/mol. The van der Waals surface area contributed by atoms with Crippen molar-refractivity contribution in [1.82, 2.24) is 0 Å². The Kier molecular flexibility index (Phi) is 7.49. The number of hydrogen-bond acceptors (Lipinski definition) is 5. The molecule has 6 nitrogen and oxygen atoms in total. The first-order chi connectivity index (χ1) is 13.0. The molecule has 1 amide bonds. The molecule has 0 heterocycles. The molecule has 0 saturated heterocycles. The lowest BCUT2D eigenvalue weighted by molar-refractivity contribution is -0.116. The average Bonchev–Trinajstić information content (AvgIpc) is 2.67. The Hall–Kier alpha value is -2.73. The average molecular weight is 392 g/mol. The summed E-state index contributed by atoms with van der Waals surface area (Å²) >= 11 is 6.02. The van der Waals surface area contributed by atoms with Gasteiger partial charge in [0.15, 0.2) is 11.5 Å². The van der Waals surface area contributed by atoms with E-state index in [1.54, 1.807) is 39.3 Å². The summed E-state index contributed by atoms with van der Waals surface area (Å²) in [5.74, 6) is 0.552. The normalized spacial score (nSPS) is 10.2. The number of rotatable bonds is 8. The minimum Gasteiger partial charge on any atom is -0.493 e. The number of halogens is 1. The Morgan fingerprint density at radius 1 is 1.04 bits per heavy atom. The summed E-state index contributed by atoms with van der Waals surface area (Å²) in [7, 11) is 3.14. The second-order valence-electron chi connectivity index (χ2n) is 5.65. The molecule has 1 N–H and O–H groups in total. The van der Waals surface area contributed by atoms with E-state index in [-0.39, 0.29) is 29.5 Å². The minimum atomic E-state index is -0.524. The van der Waals surface area contributed by atoms with Crippen LogP contribution < -0.4 is 14.8 Å². The number of nitrogens with one attached hydrogen (secondary N) is 1. The third kappa shape index (κ3) is 5.62. The van der Waals surface area contributed by atoms with Gasteiger partial charge >= 0.3 is 5.97 Å². The van der Waals surface area contributed by atoms with E-state index in [0.717, 1.165) is 5.56 Å². The van der Waals surface area contributed by atoms with Crippen molar-refractivity contribution in [2.45, 2.75) is 19.8 Å². The van der Waals surface area contributed by atoms with Gasteiger partial charge in [0.1, 0.15) is 0 Å². The number of anilines is 1. The van der Waals surface area contributed by atoms with Crippen molar-refractivity contribution in [2.75, 3.05) is 26.1 Å². The zero-order chi connectivity index (χ0) is 19.8. The number of aryl methyl sites for hydroxylation is 1. The zero-order valence-electron chi connectivity index (χ0n) is 15.5. The van der Waals surface area contributed by atoms with Crippen LogP contribution in [0, 0.1) is 0 Å². The Bertz CT molecular complexity index is 822. The molecule has 0 bridgehead atoms. The summed E-state index contributed by atoms with van der Waals surface area (Å²) in [6, 6.07) is 10.2. The van der Waals surface area contributed by atoms with Crippen molar-refractivity contribution in [1.29, 1.82) is 0 Å². The highest BCUT2D eigenvalue weighted by molar-refractivity contribution is 6.33. The van der Waals surface area contributed by atoms with Crippen LogP contribution in [0.1, 0.15) is 29.3 Å². The molecule has 0 aromatic heterocycles. The van der Waals surface area contributed by atoms with E-state index in [1.165, 1.54) is 6.07 Å². The van der Waals surface area contributed by atoms with Gasteiger partial charge in [0, 0.05) is 12.1 Å². The summed E-state index contributed by atoms with van der Waals surface area (Å²) < 4.78 is 15.4. The Morgan fingerprint density at radius 2 is 1.78 bits per heavy atom. The summed E-state index contributed by atoms with van der Waals surface area (Å²) in [4.78, 5) is 24.1. The van der Waals surface area contributed by atoms with Crippen LogP contribution in [0.25, 0.3) is 0 Å². The predicted molar refractivity (Wildman–Crippen MR) is 104 cm³/mol. The number of methoxy groups -OCH3 is 2. The molecule has 2 rings (SSSR count). The van der Waals surface area contributed by atoms with Gasteiger partial charge < -0.3 is 19.5 Å². The quantitative estimate of drug-likeness (QED) is 0.685. The summed E-state index contributed by atoms with van der Waals surface area (Å²) in [6.45, 7) is 1.96. The molecule has 0 aliphatic rings. The number of amides is 1. The van der Waals surface area contributed by atoms with Crippen LogP contribution in [0.5, 0.6) is 11.5 Å². The van der Waals surface area contributed by atoms with Gasteiger partial charge in [-0.1, -0.05) is 17.7 Å². The van der Waals surface area contributed by atoms with Crippen LogP contribution in [0.2, 0.25) is 5.02 Å². The molecule has 0 atom stereocenters. The third-order valence-electron chi connectivity index (χ3n) is 3.83. The van der Waals surface area contributed by atoms with E-state index in [1.807, 2.05) is 12.1 Å². The fourth-order valence-corrected chi connectivity index (χ4v) is 2.68. The zero-order valence-corrected chi connectivity index (χ0v) is 16.3. The van der Waals surface area contributed by atoms with E-state index in [2.05, 4.69) is 5.32 Å². The highest BCUT2D eigenvalue weighted by Crippen LogP contribution is 2.28. The first-order valence-electron chi connectivity index (χ1n) is 8.46. The van der Waals surface area contributed by atoms with Gasteiger partial charge in [-0.25, -0.2) is 4.79 Å². The van der Waals surface area contributed by atoms with Crippen molar-refractivity contribution in [3.8, 4) is 11.5 Å². The predicted octanol–water partition coefficient (Wildman–Crippen LogP) is 4.11. The van der Waals surface area contributed by atoms with Crippen molar-refractivity contribution in [3.05, 3.63) is 52.5 Å². The molecule has 0 spiro atoms. The molecule has 0 aliphatic heterocycles. The van der Waals surface area contributed by atoms with Crippen LogP contribution in [0.4, 0.5) is 5.69 Å². The molecule has 0 saturated carbocycles. The number of benzene rings is 2. The maximum atomic E-state index is 12.2. The SMILES string of the molecule is CCOC(=O)c1cc(NC(=O)CCc2ccc(OC)c(OC)c2)ccc1Cl. The van der Waals surface area contributed by atoms with Gasteiger partial charge in [-0.3, -0.25) is 4.79 Å². The topological polar surface area (TPSA) is 73.9 Å². The highest BCUT2D eigenvalue weighted by Gasteiger charge is 2.13. The Labute approximate surface area is 163 Å². The molecule has 144 valence electrons. The van der Waals surface area contributed by atoms with Crippen LogP contribution in [-0.4, -0.2) is 32.7 Å². The van der Waals surface area contributed by atoms with Crippen LogP contribution in [0.15, 0.2) is 36.4 Å². The molecule has 0 unspecified atom stereocenters. The standard InChI is InChI=1S/C20H22ClNO5/c1-4-27-20(24)15-12-14(7-8-16(15)21)22-19(23)10-6-13-5-9-17(25-2)18(11-13)26-3/h5,7-9,11-12H,4,6,10H2,1-3H3,(H,22,23). The van der Waals surface area contributed by atoms with Crippen LogP contribution >= 0.6 is 11.6 Å². The van der Waals surface area contributed by atoms with Crippen molar-refractivity contribution in [3.63, 3.8) is 0 Å². The molecule has 2 aromatic carbocycles. The lowest BCUT2D eigenvalue weighted by Crippen LogP contribution is -2.13. The molecule has 0 fully saturated rings. The van der Waals surface area contributed by atoms with E-state index >= 15 is 0 Å². The number of ether oxygens (including phenoxy) is 3. The van der Waals surface area contributed by atoms with E-state index in [0.29, 0.717) is 23.6 Å². The van der Waals surface area contributed by atoms with Gasteiger partial charge in [-0.2, -0.15) is 0 Å². The van der Waals surface area contributed by atoms with Gasteiger partial charge in [0.05, 0.1) is 31.4 Å². The van der Waals surface area contributed by atoms with Crippen LogP contribution in [-0.2, 0) is 16.0 Å². The largest absolute Gasteiger partial charge is 0.493 e. The smallest absolute Gasteiger partial charge is 0.339 e. The van der Waals surface area contributed by atoms with Crippen molar-refractivity contribution in [2.24, 2.45) is 0 Å². The number of carbonyl (C=O) groups excluding carboxylic acids is 2. The minimum absolute atomic E-state index is 0.179. The Balaban J connectivity index is 2.00. The lowest BCUT2D eigenvalue weighted by atomic mass is 10.1. The van der Waals surface area contributed by atoms with E-state index < -0.39 is 5.97 Å². The molecule has 2 aromatic rings. The third-order valence-corrected chi connectivity index (χ3v) is 4.16. The molecule has 27 heavy (non-hydrogen) atoms. The monoisotopic (exact) mass is 391 g/mol. The van der Waals surface area contributed by atoms with Crippen LogP contribution in [0.3, 0.4) is 0 Å². The van der Waals surface area contributed by atoms with Gasteiger partial charge in [-0.05, 0) is 49.2 Å². The van der Waals surface area contributed by atoms with Gasteiger partial charge in [0.2, 0.25) is 5.91 Å². The van der Waals surface area contributed by atoms with Gasteiger partial charge in [0.25, 0.3) is 0 Å². The fourth-order valence-electron chi connectivity index (χ4n) is 2.49. The molecule has 0 radical (unpaired) electrons. The second-order valence-corrected chi connectivity index (χ2v) is 6.06.